The minimum Gasteiger partial charge on any atom is -0.484 e. The molecule has 0 saturated carbocycles. The normalized spacial score (nSPS) is 10.6. The fourth-order valence-corrected chi connectivity index (χ4v) is 3.06. The smallest absolute Gasteiger partial charge is 0.287 e. The molecule has 0 radical (unpaired) electrons. The van der Waals surface area contributed by atoms with Gasteiger partial charge in [-0.3, -0.25) is 4.79 Å². The molecule has 0 aliphatic carbocycles. The number of hydrogen-bond acceptors (Lipinski definition) is 5. The standard InChI is InChI=1S/C19H18BrN3O3S/c1-12-3-6-15(7-4-12)25-11-18-22-23(19(27)26-18)10-17(24)21-16-8-5-14(20)9-13(16)2/h3-9H,10-11H2,1-2H3,(H,21,24). The number of nitrogens with zero attached hydrogens (tertiary/aromatic N) is 2. The number of aryl methyl sites for hydroxylation is 2. The fraction of sp³-hybridized carbons (Fsp3) is 0.211. The number of carbonyl (C=O) groups is 1. The highest BCUT2D eigenvalue weighted by atomic mass is 79.9. The number of ether oxygens (including phenoxy) is 1. The highest BCUT2D eigenvalue weighted by Gasteiger charge is 2.11. The van der Waals surface area contributed by atoms with E-state index in [-0.39, 0.29) is 23.9 Å². The van der Waals surface area contributed by atoms with Crippen LogP contribution in [0.25, 0.3) is 0 Å². The molecule has 3 rings (SSSR count). The van der Waals surface area contributed by atoms with E-state index in [1.54, 1.807) is 0 Å². The summed E-state index contributed by atoms with van der Waals surface area (Å²) < 4.78 is 13.3. The summed E-state index contributed by atoms with van der Waals surface area (Å²) in [7, 11) is 0. The molecule has 0 saturated heterocycles. The van der Waals surface area contributed by atoms with Gasteiger partial charge >= 0.3 is 0 Å². The van der Waals surface area contributed by atoms with Crippen LogP contribution in [0.5, 0.6) is 5.75 Å². The fourth-order valence-electron chi connectivity index (χ4n) is 2.38. The molecular formula is C19H18BrN3O3S. The Bertz CT molecular complexity index is 1010. The van der Waals surface area contributed by atoms with Gasteiger partial charge in [0.2, 0.25) is 5.91 Å². The van der Waals surface area contributed by atoms with Crippen molar-refractivity contribution in [2.45, 2.75) is 27.0 Å². The van der Waals surface area contributed by atoms with Crippen LogP contribution in [0, 0.1) is 18.7 Å². The molecule has 6 nitrogen and oxygen atoms in total. The summed E-state index contributed by atoms with van der Waals surface area (Å²) in [4.78, 5) is 12.4. The second kappa shape index (κ2) is 8.49. The lowest BCUT2D eigenvalue weighted by Crippen LogP contribution is -2.20. The molecule has 0 aliphatic rings. The second-order valence-electron chi connectivity index (χ2n) is 6.03. The van der Waals surface area contributed by atoms with E-state index in [0.717, 1.165) is 21.3 Å². The predicted octanol–water partition coefficient (Wildman–Crippen LogP) is 4.80. The first-order valence-electron chi connectivity index (χ1n) is 8.23. The molecule has 1 amide bonds. The largest absolute Gasteiger partial charge is 0.484 e. The third-order valence-electron chi connectivity index (χ3n) is 3.79. The topological polar surface area (TPSA) is 69.3 Å². The molecule has 1 N–H and O–H groups in total. The van der Waals surface area contributed by atoms with Gasteiger partial charge in [0.15, 0.2) is 6.61 Å². The molecule has 2 aromatic carbocycles. The third kappa shape index (κ3) is 5.27. The van der Waals surface area contributed by atoms with Crippen molar-refractivity contribution < 1.29 is 13.9 Å². The molecule has 140 valence electrons. The highest BCUT2D eigenvalue weighted by Crippen LogP contribution is 2.20. The van der Waals surface area contributed by atoms with Crippen LogP contribution in [-0.4, -0.2) is 15.7 Å². The van der Waals surface area contributed by atoms with E-state index in [1.165, 1.54) is 4.68 Å². The van der Waals surface area contributed by atoms with E-state index in [9.17, 15) is 4.79 Å². The predicted molar refractivity (Wildman–Crippen MR) is 108 cm³/mol. The van der Waals surface area contributed by atoms with Gasteiger partial charge in [-0.1, -0.05) is 33.6 Å². The van der Waals surface area contributed by atoms with E-state index >= 15 is 0 Å². The minimum absolute atomic E-state index is 0.0393. The molecule has 1 aromatic heterocycles. The van der Waals surface area contributed by atoms with Crippen molar-refractivity contribution in [3.8, 4) is 5.75 Å². The summed E-state index contributed by atoms with van der Waals surface area (Å²) in [6.45, 7) is 4.02. The van der Waals surface area contributed by atoms with Crippen molar-refractivity contribution in [1.82, 2.24) is 9.78 Å². The van der Waals surface area contributed by atoms with Gasteiger partial charge in [0.1, 0.15) is 12.3 Å². The summed E-state index contributed by atoms with van der Waals surface area (Å²) in [5.41, 5.74) is 2.84. The molecule has 0 atom stereocenters. The van der Waals surface area contributed by atoms with Gasteiger partial charge in [-0.05, 0) is 62.0 Å². The van der Waals surface area contributed by atoms with Crippen molar-refractivity contribution in [3.05, 3.63) is 68.8 Å². The maximum Gasteiger partial charge on any atom is 0.287 e. The quantitative estimate of drug-likeness (QED) is 0.549. The van der Waals surface area contributed by atoms with Crippen molar-refractivity contribution in [2.24, 2.45) is 0 Å². The molecule has 0 spiro atoms. The summed E-state index contributed by atoms with van der Waals surface area (Å²) in [6, 6.07) is 13.3. The van der Waals surface area contributed by atoms with Crippen LogP contribution in [0.15, 0.2) is 51.4 Å². The Hall–Kier alpha value is -2.45. The summed E-state index contributed by atoms with van der Waals surface area (Å²) in [6.07, 6.45) is 0. The average Bonchev–Trinajstić information content (AvgIpc) is 2.96. The first-order chi connectivity index (χ1) is 12.9. The van der Waals surface area contributed by atoms with E-state index in [1.807, 2.05) is 56.3 Å². The molecule has 0 bridgehead atoms. The van der Waals surface area contributed by atoms with Crippen LogP contribution in [-0.2, 0) is 17.9 Å². The van der Waals surface area contributed by atoms with Gasteiger partial charge in [-0.25, -0.2) is 4.68 Å². The number of benzene rings is 2. The average molecular weight is 448 g/mol. The van der Waals surface area contributed by atoms with Crippen molar-refractivity contribution in [1.29, 1.82) is 0 Å². The van der Waals surface area contributed by atoms with Crippen LogP contribution < -0.4 is 10.1 Å². The van der Waals surface area contributed by atoms with Gasteiger partial charge in [-0.15, -0.1) is 5.10 Å². The van der Waals surface area contributed by atoms with Crippen molar-refractivity contribution in [3.63, 3.8) is 0 Å². The molecule has 27 heavy (non-hydrogen) atoms. The molecule has 8 heteroatoms. The summed E-state index contributed by atoms with van der Waals surface area (Å²) >= 11 is 8.54. The first kappa shape index (κ1) is 19.3. The van der Waals surface area contributed by atoms with Crippen molar-refractivity contribution >= 4 is 39.7 Å². The second-order valence-corrected chi connectivity index (χ2v) is 7.29. The molecule has 3 aromatic rings. The van der Waals surface area contributed by atoms with Crippen LogP contribution in [0.4, 0.5) is 5.69 Å². The maximum absolute atomic E-state index is 12.3. The summed E-state index contributed by atoms with van der Waals surface area (Å²) in [5.74, 6) is 0.781. The Balaban J connectivity index is 1.61. The SMILES string of the molecule is Cc1ccc(OCc2nn(CC(=O)Nc3ccc(Br)cc3C)c(=S)o2)cc1. The van der Waals surface area contributed by atoms with Crippen molar-refractivity contribution in [2.75, 3.05) is 5.32 Å². The molecule has 1 heterocycles. The van der Waals surface area contributed by atoms with E-state index < -0.39 is 0 Å². The zero-order chi connectivity index (χ0) is 19.4. The van der Waals surface area contributed by atoms with Gasteiger partial charge in [0.05, 0.1) is 0 Å². The van der Waals surface area contributed by atoms with Crippen LogP contribution in [0.1, 0.15) is 17.0 Å². The summed E-state index contributed by atoms with van der Waals surface area (Å²) in [5, 5.41) is 7.06. The molecule has 0 aliphatic heterocycles. The third-order valence-corrected chi connectivity index (χ3v) is 4.57. The Morgan fingerprint density at radius 3 is 2.70 bits per heavy atom. The first-order valence-corrected chi connectivity index (χ1v) is 9.43. The molecular weight excluding hydrogens is 430 g/mol. The number of anilines is 1. The van der Waals surface area contributed by atoms with Crippen LogP contribution in [0.3, 0.4) is 0 Å². The number of nitrogens with one attached hydrogen (secondary N) is 1. The van der Waals surface area contributed by atoms with Gasteiger partial charge in [-0.2, -0.15) is 0 Å². The van der Waals surface area contributed by atoms with E-state index in [0.29, 0.717) is 11.6 Å². The lowest BCUT2D eigenvalue weighted by molar-refractivity contribution is -0.117. The number of carbonyl (C=O) groups excluding carboxylic acids is 1. The zero-order valence-corrected chi connectivity index (χ0v) is 17.3. The minimum atomic E-state index is -0.240. The molecule has 0 fully saturated rings. The van der Waals surface area contributed by atoms with Gasteiger partial charge in [0.25, 0.3) is 10.7 Å². The number of rotatable bonds is 6. The van der Waals surface area contributed by atoms with E-state index in [4.69, 9.17) is 21.4 Å². The number of halogens is 1. The molecule has 0 unspecified atom stereocenters. The zero-order valence-electron chi connectivity index (χ0n) is 14.9. The monoisotopic (exact) mass is 447 g/mol. The Labute approximate surface area is 170 Å². The lowest BCUT2D eigenvalue weighted by atomic mass is 10.2. The highest BCUT2D eigenvalue weighted by molar-refractivity contribution is 9.10. The number of aromatic nitrogens is 2. The Morgan fingerprint density at radius 2 is 2.00 bits per heavy atom. The van der Waals surface area contributed by atoms with Crippen LogP contribution in [0.2, 0.25) is 0 Å². The Morgan fingerprint density at radius 1 is 1.26 bits per heavy atom. The Kier molecular flexibility index (Phi) is 6.08. The van der Waals surface area contributed by atoms with Gasteiger partial charge < -0.3 is 14.5 Å². The lowest BCUT2D eigenvalue weighted by Gasteiger charge is -2.08. The van der Waals surface area contributed by atoms with Crippen LogP contribution >= 0.6 is 28.1 Å². The van der Waals surface area contributed by atoms with E-state index in [2.05, 4.69) is 26.3 Å². The maximum atomic E-state index is 12.3. The van der Waals surface area contributed by atoms with Gasteiger partial charge in [0, 0.05) is 10.2 Å². The number of hydrogen-bond donors (Lipinski definition) is 1. The number of amides is 1.